The molecule has 5 aromatic rings. The lowest BCUT2D eigenvalue weighted by molar-refractivity contribution is 0.0935. The fourth-order valence-corrected chi connectivity index (χ4v) is 4.53. The molecule has 190 valence electrons. The molecule has 1 N–H and O–H groups in total. The zero-order chi connectivity index (χ0) is 26.5. The number of carbonyl (C=O) groups is 1. The van der Waals surface area contributed by atoms with Crippen LogP contribution in [0.3, 0.4) is 0 Å². The number of aromatic nitrogens is 2. The van der Waals surface area contributed by atoms with Gasteiger partial charge < -0.3 is 14.8 Å². The van der Waals surface area contributed by atoms with Crippen LogP contribution in [0.5, 0.6) is 11.5 Å². The minimum atomic E-state index is -0.355. The normalized spacial score (nSPS) is 10.8. The van der Waals surface area contributed by atoms with Gasteiger partial charge in [-0.1, -0.05) is 78.3 Å². The Hall–Kier alpha value is -4.55. The third-order valence-electron chi connectivity index (χ3n) is 6.22. The maximum atomic E-state index is 13.9. The molecule has 38 heavy (non-hydrogen) atoms. The van der Waals surface area contributed by atoms with E-state index in [0.717, 1.165) is 16.7 Å². The van der Waals surface area contributed by atoms with Gasteiger partial charge in [-0.3, -0.25) is 4.79 Å². The molecule has 6 nitrogen and oxygen atoms in total. The average molecular weight is 524 g/mol. The fraction of sp³-hybridized carbons (Fsp3) is 0.0968. The minimum Gasteiger partial charge on any atom is -0.497 e. The first kappa shape index (κ1) is 25.1. The van der Waals surface area contributed by atoms with E-state index in [9.17, 15) is 4.79 Å². The molecule has 1 aromatic heterocycles. The van der Waals surface area contributed by atoms with E-state index < -0.39 is 0 Å². The van der Waals surface area contributed by atoms with Crippen LogP contribution in [0.15, 0.2) is 109 Å². The van der Waals surface area contributed by atoms with Crippen LogP contribution < -0.4 is 14.8 Å². The van der Waals surface area contributed by atoms with Gasteiger partial charge in [0.05, 0.1) is 31.6 Å². The molecule has 0 fully saturated rings. The highest BCUT2D eigenvalue weighted by Crippen LogP contribution is 2.34. The first-order valence-corrected chi connectivity index (χ1v) is 12.4. The number of methoxy groups -OCH3 is 2. The van der Waals surface area contributed by atoms with Crippen molar-refractivity contribution in [1.82, 2.24) is 15.1 Å². The van der Waals surface area contributed by atoms with E-state index in [1.54, 1.807) is 43.2 Å². The van der Waals surface area contributed by atoms with Crippen LogP contribution in [0, 0.1) is 0 Å². The van der Waals surface area contributed by atoms with Gasteiger partial charge in [0.1, 0.15) is 17.2 Å². The first-order valence-electron chi connectivity index (χ1n) is 12.1. The summed E-state index contributed by atoms with van der Waals surface area (Å²) in [6, 6.07) is 33.9. The molecule has 0 saturated carbocycles. The Morgan fingerprint density at radius 1 is 0.816 bits per heavy atom. The van der Waals surface area contributed by atoms with Crippen molar-refractivity contribution in [3.63, 3.8) is 0 Å². The summed E-state index contributed by atoms with van der Waals surface area (Å²) in [4.78, 5) is 13.9. The molecule has 0 radical (unpaired) electrons. The number of benzene rings is 4. The summed E-state index contributed by atoms with van der Waals surface area (Å²) in [5.41, 5.74) is 4.27. The number of nitrogens with one attached hydrogen (secondary N) is 1. The van der Waals surface area contributed by atoms with Gasteiger partial charge in [-0.05, 0) is 47.5 Å². The highest BCUT2D eigenvalue weighted by Gasteiger charge is 2.23. The van der Waals surface area contributed by atoms with Gasteiger partial charge in [-0.2, -0.15) is 5.10 Å². The monoisotopic (exact) mass is 523 g/mol. The number of hydrogen-bond acceptors (Lipinski definition) is 4. The van der Waals surface area contributed by atoms with Crippen molar-refractivity contribution in [2.24, 2.45) is 0 Å². The Morgan fingerprint density at radius 2 is 1.50 bits per heavy atom. The zero-order valence-corrected chi connectivity index (χ0v) is 21.7. The molecule has 0 atom stereocenters. The van der Waals surface area contributed by atoms with Crippen LogP contribution in [-0.2, 0) is 0 Å². The van der Waals surface area contributed by atoms with Gasteiger partial charge in [0.15, 0.2) is 0 Å². The Balaban J connectivity index is 1.60. The van der Waals surface area contributed by atoms with Gasteiger partial charge in [0.25, 0.3) is 5.91 Å². The van der Waals surface area contributed by atoms with Crippen LogP contribution in [0.2, 0.25) is 5.02 Å². The number of hydrogen-bond donors (Lipinski definition) is 1. The molecule has 1 amide bonds. The number of carbonyl (C=O) groups excluding carboxylic acids is 1. The predicted octanol–water partition coefficient (Wildman–Crippen LogP) is 6.73. The molecular formula is C31H26ClN3O3. The highest BCUT2D eigenvalue weighted by molar-refractivity contribution is 6.30. The van der Waals surface area contributed by atoms with E-state index in [1.165, 1.54) is 0 Å². The fourth-order valence-electron chi connectivity index (χ4n) is 4.34. The molecule has 0 aliphatic carbocycles. The second kappa shape index (κ2) is 11.2. The zero-order valence-electron chi connectivity index (χ0n) is 21.0. The lowest BCUT2D eigenvalue weighted by atomic mass is 9.98. The van der Waals surface area contributed by atoms with Crippen LogP contribution in [-0.4, -0.2) is 29.9 Å². The standard InChI is InChI=1S/C31H26ClN3O3/c1-37-25-16-17-26(29(19-25)38-2)27-20-28(35(34-27)24-15-9-14-23(32)18-24)31(36)33-30(21-10-5-3-6-11-21)22-12-7-4-8-13-22/h3-20,30H,1-2H3,(H,33,36). The molecule has 5 rings (SSSR count). The Labute approximate surface area is 226 Å². The number of ether oxygens (including phenoxy) is 2. The third-order valence-corrected chi connectivity index (χ3v) is 6.46. The summed E-state index contributed by atoms with van der Waals surface area (Å²) >= 11 is 6.30. The minimum absolute atomic E-state index is 0.283. The predicted molar refractivity (Wildman–Crippen MR) is 149 cm³/mol. The van der Waals surface area contributed by atoms with Gasteiger partial charge in [-0.25, -0.2) is 4.68 Å². The van der Waals surface area contributed by atoms with Crippen molar-refractivity contribution in [2.45, 2.75) is 6.04 Å². The van der Waals surface area contributed by atoms with Crippen LogP contribution >= 0.6 is 11.6 Å². The summed E-state index contributed by atoms with van der Waals surface area (Å²) in [7, 11) is 3.19. The van der Waals surface area contributed by atoms with Crippen molar-refractivity contribution < 1.29 is 14.3 Å². The molecule has 0 unspecified atom stereocenters. The van der Waals surface area contributed by atoms with E-state index >= 15 is 0 Å². The van der Waals surface area contributed by atoms with E-state index in [1.807, 2.05) is 84.9 Å². The van der Waals surface area contributed by atoms with Gasteiger partial charge in [-0.15, -0.1) is 0 Å². The molecule has 0 saturated heterocycles. The average Bonchev–Trinajstić information content (AvgIpc) is 3.42. The number of halogens is 1. The molecule has 0 aliphatic rings. The molecule has 0 bridgehead atoms. The van der Waals surface area contributed by atoms with E-state index in [4.69, 9.17) is 26.2 Å². The number of amides is 1. The number of nitrogens with zero attached hydrogens (tertiary/aromatic N) is 2. The van der Waals surface area contributed by atoms with Crippen molar-refractivity contribution in [2.75, 3.05) is 14.2 Å². The van der Waals surface area contributed by atoms with E-state index in [0.29, 0.717) is 33.6 Å². The summed E-state index contributed by atoms with van der Waals surface area (Å²) in [6.07, 6.45) is 0. The van der Waals surface area contributed by atoms with Crippen LogP contribution in [0.25, 0.3) is 16.9 Å². The second-order valence-corrected chi connectivity index (χ2v) is 9.04. The smallest absolute Gasteiger partial charge is 0.270 e. The Kier molecular flexibility index (Phi) is 7.43. The summed E-state index contributed by atoms with van der Waals surface area (Å²) in [5, 5.41) is 8.57. The Morgan fingerprint density at radius 3 is 2.11 bits per heavy atom. The topological polar surface area (TPSA) is 65.4 Å². The van der Waals surface area contributed by atoms with Crippen molar-refractivity contribution in [3.05, 3.63) is 131 Å². The lowest BCUT2D eigenvalue weighted by Gasteiger charge is -2.20. The van der Waals surface area contributed by atoms with Gasteiger partial charge in [0, 0.05) is 16.7 Å². The largest absolute Gasteiger partial charge is 0.497 e. The van der Waals surface area contributed by atoms with Crippen LogP contribution in [0.4, 0.5) is 0 Å². The van der Waals surface area contributed by atoms with Gasteiger partial charge in [0.2, 0.25) is 0 Å². The quantitative estimate of drug-likeness (QED) is 0.245. The SMILES string of the molecule is COc1ccc(-c2cc(C(=O)NC(c3ccccc3)c3ccccc3)n(-c3cccc(Cl)c3)n2)c(OC)c1. The summed E-state index contributed by atoms with van der Waals surface area (Å²) in [5.74, 6) is 0.957. The van der Waals surface area contributed by atoms with Crippen molar-refractivity contribution in [3.8, 4) is 28.4 Å². The number of rotatable bonds is 8. The molecule has 4 aromatic carbocycles. The van der Waals surface area contributed by atoms with Crippen LogP contribution in [0.1, 0.15) is 27.7 Å². The Bertz CT molecular complexity index is 1510. The van der Waals surface area contributed by atoms with E-state index in [-0.39, 0.29) is 11.9 Å². The molecule has 0 spiro atoms. The maximum Gasteiger partial charge on any atom is 0.270 e. The van der Waals surface area contributed by atoms with Gasteiger partial charge >= 0.3 is 0 Å². The van der Waals surface area contributed by atoms with Crippen molar-refractivity contribution in [1.29, 1.82) is 0 Å². The molecule has 7 heteroatoms. The summed E-state index contributed by atoms with van der Waals surface area (Å²) < 4.78 is 12.6. The van der Waals surface area contributed by atoms with E-state index in [2.05, 4.69) is 5.32 Å². The highest BCUT2D eigenvalue weighted by atomic mass is 35.5. The van der Waals surface area contributed by atoms with Crippen molar-refractivity contribution >= 4 is 17.5 Å². The molecule has 0 aliphatic heterocycles. The second-order valence-electron chi connectivity index (χ2n) is 8.60. The third kappa shape index (κ3) is 5.26. The summed E-state index contributed by atoms with van der Waals surface area (Å²) in [6.45, 7) is 0. The maximum absolute atomic E-state index is 13.9. The lowest BCUT2D eigenvalue weighted by Crippen LogP contribution is -2.31. The molecular weight excluding hydrogens is 498 g/mol. The first-order chi connectivity index (χ1) is 18.6. The molecule has 1 heterocycles.